The first kappa shape index (κ1) is 15.5. The Morgan fingerprint density at radius 2 is 2.22 bits per heavy atom. The van der Waals surface area contributed by atoms with Gasteiger partial charge in [0.05, 0.1) is 17.8 Å². The predicted octanol–water partition coefficient (Wildman–Crippen LogP) is 2.73. The van der Waals surface area contributed by atoms with E-state index in [2.05, 4.69) is 10.3 Å². The molecule has 1 saturated heterocycles. The maximum absolute atomic E-state index is 13.5. The number of benzene rings is 1. The van der Waals surface area contributed by atoms with Crippen LogP contribution >= 0.6 is 11.3 Å². The molecule has 1 aliphatic heterocycles. The second kappa shape index (κ2) is 6.41. The third-order valence-corrected chi connectivity index (χ3v) is 4.30. The van der Waals surface area contributed by atoms with Crippen LogP contribution in [-0.4, -0.2) is 23.3 Å². The van der Waals surface area contributed by atoms with Crippen molar-refractivity contribution in [2.24, 2.45) is 0 Å². The average Bonchev–Trinajstić information content (AvgIpc) is 3.11. The summed E-state index contributed by atoms with van der Waals surface area (Å²) in [6, 6.07) is 2.85. The molecule has 1 aliphatic rings. The fraction of sp³-hybridized carbons (Fsp3) is 0.267. The van der Waals surface area contributed by atoms with Crippen molar-refractivity contribution >= 4 is 34.0 Å². The largest absolute Gasteiger partial charge is 0.323 e. The molecule has 0 unspecified atom stereocenters. The molecule has 0 atom stereocenters. The highest BCUT2D eigenvalue weighted by atomic mass is 32.1. The molecule has 0 spiro atoms. The first-order valence-electron chi connectivity index (χ1n) is 7.02. The van der Waals surface area contributed by atoms with Gasteiger partial charge in [-0.3, -0.25) is 14.5 Å². The summed E-state index contributed by atoms with van der Waals surface area (Å²) >= 11 is 1.28. The van der Waals surface area contributed by atoms with Gasteiger partial charge >= 0.3 is 0 Å². The fourth-order valence-corrected chi connectivity index (χ4v) is 3.17. The lowest BCUT2D eigenvalue weighted by Gasteiger charge is -2.10. The van der Waals surface area contributed by atoms with E-state index in [1.54, 1.807) is 10.3 Å². The number of halogens is 2. The molecule has 23 heavy (non-hydrogen) atoms. The van der Waals surface area contributed by atoms with Gasteiger partial charge in [0.15, 0.2) is 5.13 Å². The molecular weight excluding hydrogens is 324 g/mol. The number of carbonyl (C=O) groups is 2. The lowest BCUT2D eigenvalue weighted by molar-refractivity contribution is -0.117. The van der Waals surface area contributed by atoms with E-state index in [9.17, 15) is 18.4 Å². The van der Waals surface area contributed by atoms with Gasteiger partial charge in [-0.2, -0.15) is 0 Å². The SMILES string of the molecule is O=C(Cc1csc(N2CCCC2=O)n1)Nc1cc(F)ccc1F. The van der Waals surface area contributed by atoms with Crippen LogP contribution in [0.15, 0.2) is 23.6 Å². The number of rotatable bonds is 4. The quantitative estimate of drug-likeness (QED) is 0.933. The van der Waals surface area contributed by atoms with Crippen molar-refractivity contribution in [2.45, 2.75) is 19.3 Å². The normalized spacial score (nSPS) is 14.3. The number of nitrogens with one attached hydrogen (secondary N) is 1. The number of anilines is 2. The van der Waals surface area contributed by atoms with E-state index in [-0.39, 0.29) is 18.0 Å². The monoisotopic (exact) mass is 337 g/mol. The molecule has 3 rings (SSSR count). The van der Waals surface area contributed by atoms with Crippen LogP contribution in [0.25, 0.3) is 0 Å². The molecule has 0 aliphatic carbocycles. The van der Waals surface area contributed by atoms with Gasteiger partial charge in [0.2, 0.25) is 11.8 Å². The minimum Gasteiger partial charge on any atom is -0.323 e. The lowest BCUT2D eigenvalue weighted by atomic mass is 10.2. The first-order chi connectivity index (χ1) is 11.0. The molecule has 8 heteroatoms. The predicted molar refractivity (Wildman–Crippen MR) is 82.4 cm³/mol. The van der Waals surface area contributed by atoms with Crippen LogP contribution in [-0.2, 0) is 16.0 Å². The van der Waals surface area contributed by atoms with Gasteiger partial charge in [-0.15, -0.1) is 11.3 Å². The van der Waals surface area contributed by atoms with Gasteiger partial charge in [-0.1, -0.05) is 0 Å². The lowest BCUT2D eigenvalue weighted by Crippen LogP contribution is -2.23. The first-order valence-corrected chi connectivity index (χ1v) is 7.90. The van der Waals surface area contributed by atoms with Crippen LogP contribution in [0.2, 0.25) is 0 Å². The maximum atomic E-state index is 13.5. The molecular formula is C15H13F2N3O2S. The van der Waals surface area contributed by atoms with Crippen LogP contribution in [0.1, 0.15) is 18.5 Å². The number of thiazole rings is 1. The van der Waals surface area contributed by atoms with Gasteiger partial charge in [-0.25, -0.2) is 13.8 Å². The molecule has 0 radical (unpaired) electrons. The number of amides is 2. The van der Waals surface area contributed by atoms with Crippen molar-refractivity contribution in [3.63, 3.8) is 0 Å². The summed E-state index contributed by atoms with van der Waals surface area (Å²) in [5, 5.41) is 4.56. The Kier molecular flexibility index (Phi) is 4.33. The Balaban J connectivity index is 1.65. The highest BCUT2D eigenvalue weighted by Gasteiger charge is 2.24. The van der Waals surface area contributed by atoms with Crippen molar-refractivity contribution in [3.8, 4) is 0 Å². The van der Waals surface area contributed by atoms with Crippen LogP contribution in [0, 0.1) is 11.6 Å². The molecule has 2 heterocycles. The second-order valence-electron chi connectivity index (χ2n) is 5.12. The zero-order valence-corrected chi connectivity index (χ0v) is 12.8. The van der Waals surface area contributed by atoms with E-state index in [0.717, 1.165) is 24.6 Å². The third kappa shape index (κ3) is 3.53. The van der Waals surface area contributed by atoms with Gasteiger partial charge < -0.3 is 5.32 Å². The van der Waals surface area contributed by atoms with E-state index < -0.39 is 17.5 Å². The molecule has 1 fully saturated rings. The van der Waals surface area contributed by atoms with Gasteiger partial charge in [0.25, 0.3) is 0 Å². The van der Waals surface area contributed by atoms with Gasteiger partial charge in [0, 0.05) is 24.4 Å². The fourth-order valence-electron chi connectivity index (χ4n) is 2.30. The van der Waals surface area contributed by atoms with Crippen molar-refractivity contribution in [3.05, 3.63) is 40.9 Å². The average molecular weight is 337 g/mol. The van der Waals surface area contributed by atoms with E-state index in [0.29, 0.717) is 23.8 Å². The molecule has 0 saturated carbocycles. The summed E-state index contributed by atoms with van der Waals surface area (Å²) in [4.78, 5) is 29.4. The van der Waals surface area contributed by atoms with E-state index in [1.165, 1.54) is 11.3 Å². The van der Waals surface area contributed by atoms with Crippen molar-refractivity contribution in [1.82, 2.24) is 4.98 Å². The minimum atomic E-state index is -0.707. The summed E-state index contributed by atoms with van der Waals surface area (Å²) in [5.74, 6) is -1.82. The molecule has 1 aromatic carbocycles. The Bertz CT molecular complexity index is 763. The number of aromatic nitrogens is 1. The Morgan fingerprint density at radius 1 is 1.39 bits per heavy atom. The van der Waals surface area contributed by atoms with Crippen molar-refractivity contribution in [2.75, 3.05) is 16.8 Å². The van der Waals surface area contributed by atoms with Crippen molar-refractivity contribution < 1.29 is 18.4 Å². The molecule has 1 aromatic heterocycles. The van der Waals surface area contributed by atoms with Crippen LogP contribution in [0.3, 0.4) is 0 Å². The second-order valence-corrected chi connectivity index (χ2v) is 5.96. The number of nitrogens with zero attached hydrogens (tertiary/aromatic N) is 2. The van der Waals surface area contributed by atoms with E-state index in [4.69, 9.17) is 0 Å². The van der Waals surface area contributed by atoms with Crippen LogP contribution < -0.4 is 10.2 Å². The highest BCUT2D eigenvalue weighted by Crippen LogP contribution is 2.25. The Labute approximate surface area is 134 Å². The Hall–Kier alpha value is -2.35. The van der Waals surface area contributed by atoms with E-state index in [1.807, 2.05) is 0 Å². The molecule has 2 aromatic rings. The zero-order chi connectivity index (χ0) is 16.4. The third-order valence-electron chi connectivity index (χ3n) is 3.39. The van der Waals surface area contributed by atoms with Crippen LogP contribution in [0.4, 0.5) is 19.6 Å². The molecule has 120 valence electrons. The summed E-state index contributed by atoms with van der Waals surface area (Å²) < 4.78 is 26.6. The molecule has 0 bridgehead atoms. The smallest absolute Gasteiger partial charge is 0.230 e. The summed E-state index contributed by atoms with van der Waals surface area (Å²) in [5.41, 5.74) is 0.277. The molecule has 1 N–H and O–H groups in total. The van der Waals surface area contributed by atoms with Crippen molar-refractivity contribution in [1.29, 1.82) is 0 Å². The van der Waals surface area contributed by atoms with E-state index >= 15 is 0 Å². The summed E-state index contributed by atoms with van der Waals surface area (Å²) in [7, 11) is 0. The van der Waals surface area contributed by atoms with Gasteiger partial charge in [0.1, 0.15) is 11.6 Å². The zero-order valence-electron chi connectivity index (χ0n) is 12.0. The number of hydrogen-bond acceptors (Lipinski definition) is 4. The topological polar surface area (TPSA) is 62.3 Å². The Morgan fingerprint density at radius 3 is 2.96 bits per heavy atom. The number of hydrogen-bond donors (Lipinski definition) is 1. The standard InChI is InChI=1S/C15H13F2N3O2S/c16-9-3-4-11(17)12(6-9)19-13(21)7-10-8-23-15(18-10)20-5-1-2-14(20)22/h3-4,6,8H,1-2,5,7H2,(H,19,21). The van der Waals surface area contributed by atoms with Gasteiger partial charge in [-0.05, 0) is 18.6 Å². The maximum Gasteiger partial charge on any atom is 0.230 e. The minimum absolute atomic E-state index is 0.0252. The van der Waals surface area contributed by atoms with Crippen LogP contribution in [0.5, 0.6) is 0 Å². The molecule has 5 nitrogen and oxygen atoms in total. The summed E-state index contributed by atoms with van der Waals surface area (Å²) in [6.45, 7) is 0.631. The number of carbonyl (C=O) groups excluding carboxylic acids is 2. The summed E-state index contributed by atoms with van der Waals surface area (Å²) in [6.07, 6.45) is 1.23. The molecule has 2 amide bonds. The highest BCUT2D eigenvalue weighted by molar-refractivity contribution is 7.14.